The molecule has 36 heavy (non-hydrogen) atoms. The van der Waals surface area contributed by atoms with Crippen LogP contribution in [0.3, 0.4) is 0 Å². The van der Waals surface area contributed by atoms with Crippen molar-refractivity contribution in [3.8, 4) is 11.5 Å². The molecule has 1 saturated heterocycles. The lowest BCUT2D eigenvalue weighted by Crippen LogP contribution is -2.74. The average Bonchev–Trinajstić information content (AvgIpc) is 3.22. The molecule has 6 nitrogen and oxygen atoms in total. The fourth-order valence-corrected chi connectivity index (χ4v) is 9.62. The minimum atomic E-state index is -3.87. The van der Waals surface area contributed by atoms with Crippen molar-refractivity contribution in [3.05, 3.63) is 65.2 Å². The monoisotopic (exact) mass is 507 g/mol. The zero-order chi connectivity index (χ0) is 25.0. The van der Waals surface area contributed by atoms with Gasteiger partial charge in [0.05, 0.1) is 18.1 Å². The molecule has 1 saturated carbocycles. The number of piperidine rings is 1. The third kappa shape index (κ3) is 2.66. The highest BCUT2D eigenvalue weighted by Crippen LogP contribution is 2.73. The van der Waals surface area contributed by atoms with Gasteiger partial charge in [0, 0.05) is 28.4 Å². The van der Waals surface area contributed by atoms with Gasteiger partial charge >= 0.3 is 0 Å². The second kappa shape index (κ2) is 7.36. The summed E-state index contributed by atoms with van der Waals surface area (Å²) in [7, 11) is 0.0713. The molecule has 1 unspecified atom stereocenters. The molecule has 2 aliphatic heterocycles. The first-order chi connectivity index (χ1) is 17.2. The van der Waals surface area contributed by atoms with E-state index >= 15 is 0 Å². The third-order valence-corrected chi connectivity index (χ3v) is 11.5. The van der Waals surface area contributed by atoms with E-state index in [1.165, 1.54) is 11.1 Å². The summed E-state index contributed by atoms with van der Waals surface area (Å²) in [6.07, 6.45) is 7.14. The number of aryl methyl sites for hydroxylation is 1. The maximum atomic E-state index is 13.2. The Balaban J connectivity index is 1.31. The van der Waals surface area contributed by atoms with Crippen molar-refractivity contribution in [1.82, 2.24) is 4.90 Å². The van der Waals surface area contributed by atoms with E-state index < -0.39 is 16.2 Å². The van der Waals surface area contributed by atoms with Gasteiger partial charge in [0.1, 0.15) is 6.10 Å². The van der Waals surface area contributed by atoms with E-state index in [1.54, 1.807) is 19.2 Å². The summed E-state index contributed by atoms with van der Waals surface area (Å²) in [5, 5.41) is 0. The summed E-state index contributed by atoms with van der Waals surface area (Å²) in [4.78, 5) is 2.72. The minimum absolute atomic E-state index is 0.0317. The molecular formula is C29H33NO5S. The molecule has 2 heterocycles. The number of benzene rings is 2. The maximum absolute atomic E-state index is 13.2. The van der Waals surface area contributed by atoms with Crippen LogP contribution >= 0.6 is 0 Å². The smallest absolute Gasteiger partial charge is 0.297 e. The van der Waals surface area contributed by atoms with Crippen molar-refractivity contribution in [1.29, 1.82) is 0 Å². The van der Waals surface area contributed by atoms with Gasteiger partial charge in [-0.2, -0.15) is 8.42 Å². The number of likely N-dealkylation sites (N-methyl/N-ethyl adjacent to an activating group) is 1. The Hall–Kier alpha value is -2.35. The van der Waals surface area contributed by atoms with Crippen molar-refractivity contribution in [2.75, 3.05) is 20.7 Å². The predicted octanol–water partition coefficient (Wildman–Crippen LogP) is 4.25. The first kappa shape index (κ1) is 22.8. The van der Waals surface area contributed by atoms with Gasteiger partial charge in [-0.3, -0.25) is 4.18 Å². The first-order valence-electron chi connectivity index (χ1n) is 13.0. The van der Waals surface area contributed by atoms with Crippen molar-refractivity contribution >= 4 is 10.1 Å². The van der Waals surface area contributed by atoms with E-state index in [2.05, 4.69) is 30.2 Å². The minimum Gasteiger partial charge on any atom is -0.493 e. The molecule has 0 aromatic heterocycles. The lowest BCUT2D eigenvalue weighted by Gasteiger charge is -2.69. The Morgan fingerprint density at radius 1 is 1.17 bits per heavy atom. The van der Waals surface area contributed by atoms with Crippen LogP contribution in [-0.4, -0.2) is 52.3 Å². The lowest BCUT2D eigenvalue weighted by molar-refractivity contribution is -0.147. The van der Waals surface area contributed by atoms with Gasteiger partial charge in [-0.1, -0.05) is 35.9 Å². The van der Waals surface area contributed by atoms with Gasteiger partial charge in [0.2, 0.25) is 0 Å². The van der Waals surface area contributed by atoms with E-state index in [1.807, 2.05) is 32.0 Å². The van der Waals surface area contributed by atoms with E-state index in [0.717, 1.165) is 42.9 Å². The van der Waals surface area contributed by atoms with Crippen LogP contribution < -0.4 is 9.47 Å². The number of ether oxygens (including phenoxy) is 2. The van der Waals surface area contributed by atoms with Gasteiger partial charge in [-0.25, -0.2) is 0 Å². The van der Waals surface area contributed by atoms with Crippen molar-refractivity contribution in [2.45, 2.75) is 61.7 Å². The molecule has 2 spiro atoms. The van der Waals surface area contributed by atoms with Gasteiger partial charge in [-0.05, 0) is 76.4 Å². The summed E-state index contributed by atoms with van der Waals surface area (Å²) < 4.78 is 45.0. The summed E-state index contributed by atoms with van der Waals surface area (Å²) in [6, 6.07) is 11.5. The van der Waals surface area contributed by atoms with Crippen molar-refractivity contribution < 1.29 is 22.1 Å². The fraction of sp³-hybridized carbons (Fsp3) is 0.517. The number of likely N-dealkylation sites (tertiary alicyclic amines) is 1. The maximum Gasteiger partial charge on any atom is 0.297 e. The van der Waals surface area contributed by atoms with Crippen LogP contribution in [0.15, 0.2) is 53.4 Å². The molecule has 6 aliphatic rings. The number of nitrogens with zero attached hydrogens (tertiary/aromatic N) is 1. The summed E-state index contributed by atoms with van der Waals surface area (Å²) in [5.74, 6) is 1.81. The zero-order valence-electron chi connectivity index (χ0n) is 21.2. The Morgan fingerprint density at radius 2 is 1.94 bits per heavy atom. The van der Waals surface area contributed by atoms with Crippen molar-refractivity contribution in [3.63, 3.8) is 0 Å². The fourth-order valence-electron chi connectivity index (χ4n) is 8.49. The molecule has 7 heteroatoms. The normalized spacial score (nSPS) is 36.3. The van der Waals surface area contributed by atoms with Gasteiger partial charge in [0.15, 0.2) is 11.5 Å². The largest absolute Gasteiger partial charge is 0.493 e. The second-order valence-corrected chi connectivity index (χ2v) is 13.1. The average molecular weight is 508 g/mol. The van der Waals surface area contributed by atoms with E-state index in [4.69, 9.17) is 13.7 Å². The second-order valence-electron chi connectivity index (χ2n) is 11.5. The molecule has 7 atom stereocenters. The SMILES string of the molecule is COc1ccc2c3c1O[C@H]1[C@H]4C=C[C@@]5(CC4[C@H](C)OS(=O)(=O)c4ccc(C)cc4)[C@@H](C2)N(C)CC[C@]315. The van der Waals surface area contributed by atoms with Gasteiger partial charge in [0.25, 0.3) is 10.1 Å². The molecular weight excluding hydrogens is 474 g/mol. The van der Waals surface area contributed by atoms with E-state index in [0.29, 0.717) is 6.04 Å². The quantitative estimate of drug-likeness (QED) is 0.445. The molecule has 4 bridgehead atoms. The number of hydrogen-bond acceptors (Lipinski definition) is 6. The Kier molecular flexibility index (Phi) is 4.67. The molecule has 4 aliphatic carbocycles. The van der Waals surface area contributed by atoms with Crippen LogP contribution in [-0.2, 0) is 26.1 Å². The number of methoxy groups -OCH3 is 1. The standard InChI is InChI=1S/C29H33NO5S/c1-17-5-8-20(9-6-17)36(31,32)35-18(2)22-16-28-12-11-21(22)27-29(28)13-14-30(3)24(28)15-19-7-10-23(33-4)26(34-27)25(19)29/h5-12,18,21-22,24,27H,13-16H2,1-4H3/t18-,21-,22?,24+,27-,28+,29-/m0/s1. The van der Waals surface area contributed by atoms with Gasteiger partial charge < -0.3 is 14.4 Å². The van der Waals surface area contributed by atoms with E-state index in [-0.39, 0.29) is 33.7 Å². The van der Waals surface area contributed by atoms with Crippen LogP contribution in [0.5, 0.6) is 11.5 Å². The number of rotatable bonds is 5. The summed E-state index contributed by atoms with van der Waals surface area (Å²) in [5.41, 5.74) is 3.51. The van der Waals surface area contributed by atoms with Crippen LogP contribution in [0.4, 0.5) is 0 Å². The molecule has 2 fully saturated rings. The van der Waals surface area contributed by atoms with E-state index in [9.17, 15) is 8.42 Å². The molecule has 190 valence electrons. The summed E-state index contributed by atoms with van der Waals surface area (Å²) in [6.45, 7) is 4.89. The lowest BCUT2D eigenvalue weighted by atomic mass is 9.38. The van der Waals surface area contributed by atoms with Crippen LogP contribution in [0.2, 0.25) is 0 Å². The predicted molar refractivity (Wildman–Crippen MR) is 136 cm³/mol. The third-order valence-electron chi connectivity index (χ3n) is 10.1. The Bertz CT molecular complexity index is 1390. The number of hydrogen-bond donors (Lipinski definition) is 0. The zero-order valence-corrected chi connectivity index (χ0v) is 22.0. The first-order valence-corrected chi connectivity index (χ1v) is 14.4. The summed E-state index contributed by atoms with van der Waals surface area (Å²) >= 11 is 0. The van der Waals surface area contributed by atoms with Crippen molar-refractivity contribution in [2.24, 2.45) is 17.3 Å². The van der Waals surface area contributed by atoms with Crippen LogP contribution in [0.1, 0.15) is 36.5 Å². The highest BCUT2D eigenvalue weighted by Gasteiger charge is 2.75. The highest BCUT2D eigenvalue weighted by atomic mass is 32.2. The van der Waals surface area contributed by atoms with Crippen LogP contribution in [0, 0.1) is 24.2 Å². The van der Waals surface area contributed by atoms with Crippen LogP contribution in [0.25, 0.3) is 0 Å². The molecule has 0 N–H and O–H groups in total. The van der Waals surface area contributed by atoms with Gasteiger partial charge in [-0.15, -0.1) is 0 Å². The Morgan fingerprint density at radius 3 is 2.69 bits per heavy atom. The molecule has 2 aromatic carbocycles. The molecule has 0 amide bonds. The molecule has 2 aromatic rings. The highest BCUT2D eigenvalue weighted by molar-refractivity contribution is 7.86. The molecule has 0 radical (unpaired) electrons. The molecule has 8 rings (SSSR count). The topological polar surface area (TPSA) is 65.1 Å². The number of fused-ring (bicyclic) bond motifs is 1. The Labute approximate surface area is 213 Å².